The summed E-state index contributed by atoms with van der Waals surface area (Å²) >= 11 is 5.49. The van der Waals surface area contributed by atoms with E-state index in [0.29, 0.717) is 11.5 Å². The second-order valence-corrected chi connectivity index (χ2v) is 6.76. The van der Waals surface area contributed by atoms with Crippen molar-refractivity contribution in [3.8, 4) is 0 Å². The van der Waals surface area contributed by atoms with Gasteiger partial charge in [-0.05, 0) is 52.1 Å². The highest BCUT2D eigenvalue weighted by Crippen LogP contribution is 2.49. The minimum Gasteiger partial charge on any atom is -0.314 e. The Morgan fingerprint density at radius 3 is 2.73 bits per heavy atom. The molecule has 0 saturated heterocycles. The molecule has 0 aromatic carbocycles. The van der Waals surface area contributed by atoms with Crippen LogP contribution in [0.2, 0.25) is 0 Å². The van der Waals surface area contributed by atoms with Crippen LogP contribution in [0, 0.1) is 5.41 Å². The van der Waals surface area contributed by atoms with Crippen LogP contribution >= 0.6 is 27.3 Å². The van der Waals surface area contributed by atoms with Gasteiger partial charge in [0, 0.05) is 21.9 Å². The monoisotopic (exact) mass is 287 g/mol. The number of hydrogen-bond acceptors (Lipinski definition) is 2. The molecular weight excluding hydrogens is 270 g/mol. The van der Waals surface area contributed by atoms with Crippen molar-refractivity contribution in [3.05, 3.63) is 20.8 Å². The van der Waals surface area contributed by atoms with E-state index in [1.807, 2.05) is 11.3 Å². The number of hydrogen-bond donors (Lipinski definition) is 1. The number of rotatable bonds is 5. The van der Waals surface area contributed by atoms with Gasteiger partial charge in [0.15, 0.2) is 0 Å². The first-order chi connectivity index (χ1) is 7.11. The maximum Gasteiger partial charge on any atom is 0.0314 e. The van der Waals surface area contributed by atoms with Crippen LogP contribution in [-0.4, -0.2) is 12.6 Å². The number of nitrogens with one attached hydrogen (secondary N) is 1. The van der Waals surface area contributed by atoms with Crippen molar-refractivity contribution in [3.63, 3.8) is 0 Å². The van der Waals surface area contributed by atoms with Gasteiger partial charge < -0.3 is 5.32 Å². The molecule has 1 saturated carbocycles. The second kappa shape index (κ2) is 4.56. The third-order valence-electron chi connectivity index (χ3n) is 3.07. The largest absolute Gasteiger partial charge is 0.314 e. The lowest BCUT2D eigenvalue weighted by Gasteiger charge is -2.17. The van der Waals surface area contributed by atoms with E-state index < -0.39 is 0 Å². The van der Waals surface area contributed by atoms with Crippen LogP contribution in [0.15, 0.2) is 15.9 Å². The van der Waals surface area contributed by atoms with Crippen molar-refractivity contribution in [1.29, 1.82) is 0 Å². The Morgan fingerprint density at radius 1 is 1.53 bits per heavy atom. The van der Waals surface area contributed by atoms with Gasteiger partial charge in [0.05, 0.1) is 0 Å². The Balaban J connectivity index is 1.91. The first-order valence-corrected chi connectivity index (χ1v) is 7.24. The molecule has 0 aliphatic heterocycles. The van der Waals surface area contributed by atoms with Gasteiger partial charge in [-0.15, -0.1) is 11.3 Å². The Hall–Kier alpha value is 0.140. The third kappa shape index (κ3) is 3.05. The van der Waals surface area contributed by atoms with Crippen LogP contribution in [0.4, 0.5) is 0 Å². The summed E-state index contributed by atoms with van der Waals surface area (Å²) in [4.78, 5) is 1.51. The molecule has 1 nitrogen and oxygen atoms in total. The number of thiophene rings is 1. The normalized spacial score (nSPS) is 18.4. The summed E-state index contributed by atoms with van der Waals surface area (Å²) in [6.45, 7) is 5.61. The summed E-state index contributed by atoms with van der Waals surface area (Å²) < 4.78 is 1.29. The van der Waals surface area contributed by atoms with Crippen LogP contribution in [0.1, 0.15) is 31.6 Å². The van der Waals surface area contributed by atoms with Crippen LogP contribution < -0.4 is 5.32 Å². The molecule has 0 unspecified atom stereocenters. The van der Waals surface area contributed by atoms with Crippen molar-refractivity contribution in [2.75, 3.05) is 6.54 Å². The summed E-state index contributed by atoms with van der Waals surface area (Å²) in [5, 5.41) is 5.74. The van der Waals surface area contributed by atoms with Gasteiger partial charge in [-0.3, -0.25) is 0 Å². The van der Waals surface area contributed by atoms with E-state index in [4.69, 9.17) is 0 Å². The molecule has 1 aromatic heterocycles. The Bertz CT molecular complexity index is 328. The van der Waals surface area contributed by atoms with Gasteiger partial charge in [-0.2, -0.15) is 0 Å². The zero-order valence-corrected chi connectivity index (χ0v) is 11.7. The van der Waals surface area contributed by atoms with E-state index >= 15 is 0 Å². The van der Waals surface area contributed by atoms with E-state index in [-0.39, 0.29) is 0 Å². The van der Waals surface area contributed by atoms with Crippen LogP contribution in [0.5, 0.6) is 0 Å². The van der Waals surface area contributed by atoms with Crippen LogP contribution in [0.25, 0.3) is 0 Å². The minimum atomic E-state index is 0.567. The van der Waals surface area contributed by atoms with Gasteiger partial charge in [0.1, 0.15) is 0 Å². The Labute approximate surface area is 104 Å². The molecular formula is C12H18BrNS. The average Bonchev–Trinajstić information content (AvgIpc) is 2.83. The molecule has 1 aromatic rings. The lowest BCUT2D eigenvalue weighted by molar-refractivity contribution is 0.431. The van der Waals surface area contributed by atoms with Crippen molar-refractivity contribution < 1.29 is 0 Å². The molecule has 15 heavy (non-hydrogen) atoms. The van der Waals surface area contributed by atoms with E-state index in [0.717, 1.165) is 0 Å². The average molecular weight is 288 g/mol. The predicted molar refractivity (Wildman–Crippen MR) is 70.5 cm³/mol. The quantitative estimate of drug-likeness (QED) is 0.868. The molecule has 0 spiro atoms. The molecule has 0 atom stereocenters. The van der Waals surface area contributed by atoms with Gasteiger partial charge >= 0.3 is 0 Å². The Kier molecular flexibility index (Phi) is 3.53. The van der Waals surface area contributed by atoms with Gasteiger partial charge in [-0.1, -0.05) is 13.8 Å². The van der Waals surface area contributed by atoms with E-state index in [1.165, 1.54) is 35.2 Å². The highest BCUT2D eigenvalue weighted by atomic mass is 79.9. The van der Waals surface area contributed by atoms with Crippen molar-refractivity contribution >= 4 is 27.3 Å². The minimum absolute atomic E-state index is 0.567. The molecule has 0 bridgehead atoms. The van der Waals surface area contributed by atoms with Gasteiger partial charge in [-0.25, -0.2) is 0 Å². The Morgan fingerprint density at radius 2 is 2.27 bits per heavy atom. The summed E-state index contributed by atoms with van der Waals surface area (Å²) in [6, 6.07) is 2.76. The molecule has 0 radical (unpaired) electrons. The molecule has 0 amide bonds. The van der Waals surface area contributed by atoms with E-state index in [9.17, 15) is 0 Å². The molecule has 1 N–H and O–H groups in total. The first-order valence-electron chi connectivity index (χ1n) is 5.57. The predicted octanol–water partition coefficient (Wildman–Crippen LogP) is 3.83. The standard InChI is InChI=1S/C12H18BrNS/c1-9(2)14-8-12(4-5-12)7-11-10(13)3-6-15-11/h3,6,9,14H,4-5,7-8H2,1-2H3. The number of halogens is 1. The second-order valence-electron chi connectivity index (χ2n) is 4.90. The summed E-state index contributed by atoms with van der Waals surface area (Å²) in [5.41, 5.74) is 0.567. The summed E-state index contributed by atoms with van der Waals surface area (Å²) in [5.74, 6) is 0. The summed E-state index contributed by atoms with van der Waals surface area (Å²) in [7, 11) is 0. The fourth-order valence-corrected chi connectivity index (χ4v) is 3.47. The zero-order valence-electron chi connectivity index (χ0n) is 9.35. The van der Waals surface area contributed by atoms with Crippen molar-refractivity contribution in [2.45, 2.75) is 39.2 Å². The lowest BCUT2D eigenvalue weighted by Crippen LogP contribution is -2.30. The van der Waals surface area contributed by atoms with Crippen LogP contribution in [0.3, 0.4) is 0 Å². The smallest absolute Gasteiger partial charge is 0.0314 e. The molecule has 1 heterocycles. The molecule has 1 aliphatic carbocycles. The SMILES string of the molecule is CC(C)NCC1(Cc2sccc2Br)CC1. The topological polar surface area (TPSA) is 12.0 Å². The van der Waals surface area contributed by atoms with Crippen molar-refractivity contribution in [1.82, 2.24) is 5.32 Å². The van der Waals surface area contributed by atoms with Gasteiger partial charge in [0.25, 0.3) is 0 Å². The van der Waals surface area contributed by atoms with E-state index in [1.54, 1.807) is 0 Å². The third-order valence-corrected chi connectivity index (χ3v) is 5.00. The van der Waals surface area contributed by atoms with Crippen molar-refractivity contribution in [2.24, 2.45) is 5.41 Å². The first kappa shape index (κ1) is 11.6. The van der Waals surface area contributed by atoms with Crippen LogP contribution in [-0.2, 0) is 6.42 Å². The highest BCUT2D eigenvalue weighted by Gasteiger charge is 2.42. The fraction of sp³-hybridized carbons (Fsp3) is 0.667. The maximum atomic E-state index is 3.62. The fourth-order valence-electron chi connectivity index (χ4n) is 1.81. The summed E-state index contributed by atoms with van der Waals surface area (Å²) in [6.07, 6.45) is 4.01. The maximum absolute atomic E-state index is 3.62. The zero-order chi connectivity index (χ0) is 10.9. The molecule has 1 aliphatic rings. The molecule has 1 fully saturated rings. The van der Waals surface area contributed by atoms with E-state index in [2.05, 4.69) is 46.5 Å². The highest BCUT2D eigenvalue weighted by molar-refractivity contribution is 9.10. The molecule has 3 heteroatoms. The molecule has 84 valence electrons. The van der Waals surface area contributed by atoms with Gasteiger partial charge in [0.2, 0.25) is 0 Å². The lowest BCUT2D eigenvalue weighted by atomic mass is 10.0. The molecule has 2 rings (SSSR count).